The molecule has 0 amide bonds. The minimum absolute atomic E-state index is 0.106. The Morgan fingerprint density at radius 1 is 1.42 bits per heavy atom. The molecule has 140 valence electrons. The number of carbonyl (C=O) groups excluding carboxylic acids is 1. The van der Waals surface area contributed by atoms with Gasteiger partial charge in [0.1, 0.15) is 5.60 Å². The SMILES string of the molecule is CC(C)(C)OC(=O)CNC1CCN(c2ccc3c(C(=O)O)nsc3c2)C1. The van der Waals surface area contributed by atoms with Crippen molar-refractivity contribution in [2.45, 2.75) is 38.8 Å². The Hall–Kier alpha value is -2.19. The van der Waals surface area contributed by atoms with Gasteiger partial charge in [-0.3, -0.25) is 4.79 Å². The zero-order valence-electron chi connectivity index (χ0n) is 15.1. The lowest BCUT2D eigenvalue weighted by Crippen LogP contribution is -2.38. The average molecular weight is 377 g/mol. The van der Waals surface area contributed by atoms with E-state index in [2.05, 4.69) is 14.6 Å². The first-order chi connectivity index (χ1) is 12.2. The maximum atomic E-state index is 11.8. The number of anilines is 1. The van der Waals surface area contributed by atoms with Crippen molar-refractivity contribution in [1.82, 2.24) is 9.69 Å². The fourth-order valence-electron chi connectivity index (χ4n) is 3.04. The predicted octanol–water partition coefficient (Wildman–Crippen LogP) is 2.50. The van der Waals surface area contributed by atoms with Gasteiger partial charge >= 0.3 is 11.9 Å². The topological polar surface area (TPSA) is 91.8 Å². The van der Waals surface area contributed by atoms with Crippen LogP contribution >= 0.6 is 11.5 Å². The molecule has 0 aliphatic carbocycles. The van der Waals surface area contributed by atoms with Gasteiger partial charge in [0.2, 0.25) is 0 Å². The Morgan fingerprint density at radius 2 is 2.19 bits per heavy atom. The van der Waals surface area contributed by atoms with E-state index in [-0.39, 0.29) is 24.2 Å². The van der Waals surface area contributed by atoms with E-state index < -0.39 is 11.6 Å². The second kappa shape index (κ2) is 7.20. The predicted molar refractivity (Wildman–Crippen MR) is 101 cm³/mol. The van der Waals surface area contributed by atoms with E-state index in [0.717, 1.165) is 29.9 Å². The van der Waals surface area contributed by atoms with Gasteiger partial charge in [-0.05, 0) is 56.9 Å². The number of fused-ring (bicyclic) bond motifs is 1. The van der Waals surface area contributed by atoms with Gasteiger partial charge in [-0.1, -0.05) is 0 Å². The Morgan fingerprint density at radius 3 is 2.88 bits per heavy atom. The summed E-state index contributed by atoms with van der Waals surface area (Å²) in [6.45, 7) is 7.43. The van der Waals surface area contributed by atoms with Crippen LogP contribution < -0.4 is 10.2 Å². The quantitative estimate of drug-likeness (QED) is 0.774. The molecule has 1 atom stereocenters. The molecule has 0 spiro atoms. The number of rotatable bonds is 5. The normalized spacial score (nSPS) is 17.7. The molecule has 0 radical (unpaired) electrons. The summed E-state index contributed by atoms with van der Waals surface area (Å²) in [7, 11) is 0. The molecule has 1 unspecified atom stereocenters. The van der Waals surface area contributed by atoms with Gasteiger partial charge in [-0.25, -0.2) is 4.79 Å². The second-order valence-electron chi connectivity index (χ2n) is 7.42. The molecule has 2 aromatic rings. The smallest absolute Gasteiger partial charge is 0.356 e. The number of hydrogen-bond donors (Lipinski definition) is 2. The third-order valence-electron chi connectivity index (χ3n) is 4.17. The van der Waals surface area contributed by atoms with Gasteiger partial charge in [0.05, 0.1) is 11.2 Å². The van der Waals surface area contributed by atoms with Crippen LogP contribution in [0.1, 0.15) is 37.7 Å². The average Bonchev–Trinajstić information content (AvgIpc) is 3.17. The maximum absolute atomic E-state index is 11.8. The van der Waals surface area contributed by atoms with Crippen molar-refractivity contribution < 1.29 is 19.4 Å². The number of nitrogens with one attached hydrogen (secondary N) is 1. The molecule has 26 heavy (non-hydrogen) atoms. The standard InChI is InChI=1S/C18H23N3O4S/c1-18(2,3)25-15(22)9-19-11-6-7-21(10-11)12-4-5-13-14(8-12)26-20-16(13)17(23)24/h4-5,8,11,19H,6-7,9-10H2,1-3H3,(H,23,24). The van der Waals surface area contributed by atoms with E-state index in [9.17, 15) is 9.59 Å². The summed E-state index contributed by atoms with van der Waals surface area (Å²) >= 11 is 1.20. The van der Waals surface area contributed by atoms with E-state index in [1.807, 2.05) is 39.0 Å². The molecule has 1 aromatic heterocycles. The lowest BCUT2D eigenvalue weighted by atomic mass is 10.2. The van der Waals surface area contributed by atoms with Crippen LogP contribution in [0.4, 0.5) is 5.69 Å². The molecule has 1 aromatic carbocycles. The number of carboxylic acids is 1. The Labute approximate surface area is 156 Å². The lowest BCUT2D eigenvalue weighted by molar-refractivity contribution is -0.153. The van der Waals surface area contributed by atoms with E-state index in [1.165, 1.54) is 11.5 Å². The molecule has 1 saturated heterocycles. The number of benzene rings is 1. The molecule has 8 heteroatoms. The van der Waals surface area contributed by atoms with Crippen LogP contribution in [0.5, 0.6) is 0 Å². The van der Waals surface area contributed by atoms with Crippen molar-refractivity contribution in [2.75, 3.05) is 24.5 Å². The first kappa shape index (κ1) is 18.6. The number of esters is 1. The first-order valence-electron chi connectivity index (χ1n) is 8.56. The van der Waals surface area contributed by atoms with Crippen LogP contribution in [0.2, 0.25) is 0 Å². The van der Waals surface area contributed by atoms with E-state index in [1.54, 1.807) is 0 Å². The molecule has 2 N–H and O–H groups in total. The van der Waals surface area contributed by atoms with Crippen LogP contribution in [0.15, 0.2) is 18.2 Å². The lowest BCUT2D eigenvalue weighted by Gasteiger charge is -2.21. The summed E-state index contributed by atoms with van der Waals surface area (Å²) in [5.74, 6) is -1.25. The molecule has 0 saturated carbocycles. The first-order valence-corrected chi connectivity index (χ1v) is 9.33. The van der Waals surface area contributed by atoms with Crippen molar-refractivity contribution in [3.05, 3.63) is 23.9 Å². The number of aromatic nitrogens is 1. The van der Waals surface area contributed by atoms with Crippen molar-refractivity contribution in [1.29, 1.82) is 0 Å². The van der Waals surface area contributed by atoms with Gasteiger partial charge in [0, 0.05) is 30.2 Å². The molecular weight excluding hydrogens is 354 g/mol. The highest BCUT2D eigenvalue weighted by Crippen LogP contribution is 2.29. The molecule has 7 nitrogen and oxygen atoms in total. The third kappa shape index (κ3) is 4.31. The summed E-state index contributed by atoms with van der Waals surface area (Å²) in [5.41, 5.74) is 0.675. The largest absolute Gasteiger partial charge is 0.476 e. The monoisotopic (exact) mass is 377 g/mol. The van der Waals surface area contributed by atoms with Crippen LogP contribution in [-0.4, -0.2) is 52.7 Å². The zero-order chi connectivity index (χ0) is 18.9. The fourth-order valence-corrected chi connectivity index (χ4v) is 3.85. The van der Waals surface area contributed by atoms with E-state index in [0.29, 0.717) is 5.39 Å². The highest BCUT2D eigenvalue weighted by molar-refractivity contribution is 7.13. The highest BCUT2D eigenvalue weighted by Gasteiger charge is 2.25. The summed E-state index contributed by atoms with van der Waals surface area (Å²) in [6, 6.07) is 5.95. The Balaban J connectivity index is 1.59. The Kier molecular flexibility index (Phi) is 5.15. The molecule has 1 aliphatic heterocycles. The van der Waals surface area contributed by atoms with Crippen molar-refractivity contribution >= 4 is 39.2 Å². The van der Waals surface area contributed by atoms with Crippen molar-refractivity contribution in [3.63, 3.8) is 0 Å². The fraction of sp³-hybridized carbons (Fsp3) is 0.500. The summed E-state index contributed by atoms with van der Waals surface area (Å²) in [5, 5.41) is 13.1. The van der Waals surface area contributed by atoms with Crippen LogP contribution in [0.25, 0.3) is 10.1 Å². The summed E-state index contributed by atoms with van der Waals surface area (Å²) < 4.78 is 10.2. The molecule has 3 rings (SSSR count). The molecule has 2 heterocycles. The zero-order valence-corrected chi connectivity index (χ0v) is 15.9. The van der Waals surface area contributed by atoms with Crippen molar-refractivity contribution in [3.8, 4) is 0 Å². The number of carbonyl (C=O) groups is 2. The third-order valence-corrected chi connectivity index (χ3v) is 4.97. The number of aromatic carboxylic acids is 1. The van der Waals surface area contributed by atoms with Gasteiger partial charge in [0.25, 0.3) is 0 Å². The van der Waals surface area contributed by atoms with Gasteiger partial charge in [-0.2, -0.15) is 4.37 Å². The van der Waals surface area contributed by atoms with E-state index >= 15 is 0 Å². The van der Waals surface area contributed by atoms with Gasteiger partial charge in [-0.15, -0.1) is 0 Å². The van der Waals surface area contributed by atoms with Crippen LogP contribution in [0, 0.1) is 0 Å². The minimum Gasteiger partial charge on any atom is -0.476 e. The highest BCUT2D eigenvalue weighted by atomic mass is 32.1. The van der Waals surface area contributed by atoms with Crippen molar-refractivity contribution in [2.24, 2.45) is 0 Å². The minimum atomic E-state index is -1.00. The molecule has 1 fully saturated rings. The summed E-state index contributed by atoms with van der Waals surface area (Å²) in [4.78, 5) is 25.2. The number of ether oxygens (including phenoxy) is 1. The summed E-state index contributed by atoms with van der Waals surface area (Å²) in [6.07, 6.45) is 0.934. The molecule has 0 bridgehead atoms. The molecular formula is C18H23N3O4S. The number of hydrogen-bond acceptors (Lipinski definition) is 7. The second-order valence-corrected chi connectivity index (χ2v) is 8.22. The van der Waals surface area contributed by atoms with Gasteiger partial charge in [0.15, 0.2) is 5.69 Å². The number of nitrogens with zero attached hydrogens (tertiary/aromatic N) is 2. The van der Waals surface area contributed by atoms with Crippen LogP contribution in [0.3, 0.4) is 0 Å². The van der Waals surface area contributed by atoms with Crippen LogP contribution in [-0.2, 0) is 9.53 Å². The van der Waals surface area contributed by atoms with E-state index in [4.69, 9.17) is 9.84 Å². The molecule has 1 aliphatic rings. The van der Waals surface area contributed by atoms with Gasteiger partial charge < -0.3 is 20.1 Å². The maximum Gasteiger partial charge on any atom is 0.356 e. The number of carboxylic acid groups (broad SMARTS) is 1. The Bertz CT molecular complexity index is 827.